The molecule has 0 atom stereocenters. The minimum atomic E-state index is -0.216. The number of amides is 1. The molecule has 0 aromatic carbocycles. The summed E-state index contributed by atoms with van der Waals surface area (Å²) < 4.78 is 1.36. The van der Waals surface area contributed by atoms with E-state index in [0.717, 1.165) is 12.1 Å². The molecule has 0 aliphatic heterocycles. The molecule has 1 heterocycles. The van der Waals surface area contributed by atoms with Gasteiger partial charge in [0, 0.05) is 6.54 Å². The third-order valence-corrected chi connectivity index (χ3v) is 2.16. The molecule has 1 rings (SSSR count). The largest absolute Gasteiger partial charge is 0.349 e. The van der Waals surface area contributed by atoms with Gasteiger partial charge >= 0.3 is 0 Å². The quantitative estimate of drug-likeness (QED) is 0.724. The summed E-state index contributed by atoms with van der Waals surface area (Å²) >= 11 is 0. The lowest BCUT2D eigenvalue weighted by Crippen LogP contribution is -2.30. The highest BCUT2D eigenvalue weighted by atomic mass is 16.2. The highest BCUT2D eigenvalue weighted by molar-refractivity contribution is 5.90. The van der Waals surface area contributed by atoms with E-state index in [9.17, 15) is 4.79 Å². The normalized spacial score (nSPS) is 10.7. The van der Waals surface area contributed by atoms with Crippen molar-refractivity contribution in [2.24, 2.45) is 0 Å². The number of aromatic nitrogens is 2. The van der Waals surface area contributed by atoms with Crippen LogP contribution in [-0.4, -0.2) is 22.1 Å². The molecule has 0 bridgehead atoms. The topological polar surface area (TPSA) is 72.9 Å². The van der Waals surface area contributed by atoms with Crippen LogP contribution in [0.1, 0.15) is 49.4 Å². The van der Waals surface area contributed by atoms with Crippen molar-refractivity contribution >= 4 is 5.91 Å². The second-order valence-corrected chi connectivity index (χ2v) is 3.79. The van der Waals surface area contributed by atoms with Gasteiger partial charge in [-0.15, -0.1) is 0 Å². The highest BCUT2D eigenvalue weighted by Crippen LogP contribution is 2.13. The van der Waals surface area contributed by atoms with Crippen molar-refractivity contribution in [3.05, 3.63) is 17.7 Å². The zero-order valence-electron chi connectivity index (χ0n) is 9.45. The maximum Gasteiger partial charge on any atom is 0.289 e. The van der Waals surface area contributed by atoms with Gasteiger partial charge in [0.15, 0.2) is 0 Å². The fraction of sp³-hybridized carbons (Fsp3) is 0.600. The molecule has 0 aliphatic carbocycles. The van der Waals surface area contributed by atoms with E-state index in [1.165, 1.54) is 4.68 Å². The standard InChI is InChI=1S/C10H18N4O/c1-4-5-12-10(15)9-13-6-8(7(2)3)14(9)11/h6-7H,4-5,11H2,1-3H3,(H,12,15). The molecular formula is C10H18N4O. The molecule has 0 aliphatic rings. The van der Waals surface area contributed by atoms with Crippen molar-refractivity contribution in [2.75, 3.05) is 12.4 Å². The van der Waals surface area contributed by atoms with E-state index >= 15 is 0 Å². The monoisotopic (exact) mass is 210 g/mol. The van der Waals surface area contributed by atoms with Crippen molar-refractivity contribution in [2.45, 2.75) is 33.1 Å². The van der Waals surface area contributed by atoms with Gasteiger partial charge in [0.1, 0.15) is 0 Å². The third kappa shape index (κ3) is 2.49. The van der Waals surface area contributed by atoms with Crippen molar-refractivity contribution in [3.8, 4) is 0 Å². The Morgan fingerprint density at radius 3 is 2.80 bits per heavy atom. The van der Waals surface area contributed by atoms with Crippen LogP contribution in [0.15, 0.2) is 6.20 Å². The van der Waals surface area contributed by atoms with Gasteiger partial charge in [-0.3, -0.25) is 4.79 Å². The molecule has 0 radical (unpaired) electrons. The first-order chi connectivity index (χ1) is 7.07. The average Bonchev–Trinajstić information content (AvgIpc) is 2.56. The SMILES string of the molecule is CCCNC(=O)c1ncc(C(C)C)n1N. The molecule has 1 amide bonds. The van der Waals surface area contributed by atoms with Crippen LogP contribution >= 0.6 is 0 Å². The van der Waals surface area contributed by atoms with E-state index in [-0.39, 0.29) is 17.6 Å². The number of carbonyl (C=O) groups is 1. The second kappa shape index (κ2) is 4.82. The maximum atomic E-state index is 11.6. The molecule has 0 unspecified atom stereocenters. The molecule has 84 valence electrons. The fourth-order valence-corrected chi connectivity index (χ4v) is 1.29. The summed E-state index contributed by atoms with van der Waals surface area (Å²) in [6.07, 6.45) is 2.54. The zero-order chi connectivity index (χ0) is 11.4. The Morgan fingerprint density at radius 1 is 1.67 bits per heavy atom. The molecule has 0 saturated heterocycles. The van der Waals surface area contributed by atoms with E-state index in [1.807, 2.05) is 20.8 Å². The van der Waals surface area contributed by atoms with Gasteiger partial charge in [0.25, 0.3) is 5.91 Å². The maximum absolute atomic E-state index is 11.6. The van der Waals surface area contributed by atoms with Crippen LogP contribution in [0, 0.1) is 0 Å². The van der Waals surface area contributed by atoms with Crippen molar-refractivity contribution in [1.82, 2.24) is 15.0 Å². The lowest BCUT2D eigenvalue weighted by atomic mass is 10.2. The number of rotatable bonds is 4. The number of hydrogen-bond acceptors (Lipinski definition) is 3. The van der Waals surface area contributed by atoms with Gasteiger partial charge in [-0.1, -0.05) is 20.8 Å². The lowest BCUT2D eigenvalue weighted by Gasteiger charge is -2.07. The summed E-state index contributed by atoms with van der Waals surface area (Å²) in [5.74, 6) is 6.08. The molecule has 3 N–H and O–H groups in total. The minimum Gasteiger partial charge on any atom is -0.349 e. The highest BCUT2D eigenvalue weighted by Gasteiger charge is 2.15. The van der Waals surface area contributed by atoms with Crippen LogP contribution < -0.4 is 11.2 Å². The first kappa shape index (κ1) is 11.6. The lowest BCUT2D eigenvalue weighted by molar-refractivity contribution is 0.0940. The van der Waals surface area contributed by atoms with Crippen molar-refractivity contribution in [3.63, 3.8) is 0 Å². The van der Waals surface area contributed by atoms with Gasteiger partial charge in [0.2, 0.25) is 5.82 Å². The zero-order valence-corrected chi connectivity index (χ0v) is 9.45. The van der Waals surface area contributed by atoms with Crippen molar-refractivity contribution < 1.29 is 4.79 Å². The Hall–Kier alpha value is -1.52. The summed E-state index contributed by atoms with van der Waals surface area (Å²) in [7, 11) is 0. The summed E-state index contributed by atoms with van der Waals surface area (Å²) in [5.41, 5.74) is 0.858. The fourth-order valence-electron chi connectivity index (χ4n) is 1.29. The van der Waals surface area contributed by atoms with Gasteiger partial charge in [-0.25, -0.2) is 9.66 Å². The predicted molar refractivity (Wildman–Crippen MR) is 59.1 cm³/mol. The van der Waals surface area contributed by atoms with Crippen molar-refractivity contribution in [1.29, 1.82) is 0 Å². The number of hydrogen-bond donors (Lipinski definition) is 2. The van der Waals surface area contributed by atoms with Crippen LogP contribution in [0.4, 0.5) is 0 Å². The molecule has 1 aromatic rings. The predicted octanol–water partition coefficient (Wildman–Crippen LogP) is 0.860. The summed E-state index contributed by atoms with van der Waals surface area (Å²) in [4.78, 5) is 15.6. The molecule has 5 nitrogen and oxygen atoms in total. The van der Waals surface area contributed by atoms with E-state index in [4.69, 9.17) is 5.84 Å². The number of nitrogen functional groups attached to an aromatic ring is 1. The van der Waals surface area contributed by atoms with Crippen LogP contribution in [0.5, 0.6) is 0 Å². The first-order valence-electron chi connectivity index (χ1n) is 5.18. The number of nitrogens with zero attached hydrogens (tertiary/aromatic N) is 2. The number of imidazole rings is 1. The molecule has 0 fully saturated rings. The Balaban J connectivity index is 2.82. The van der Waals surface area contributed by atoms with E-state index in [0.29, 0.717) is 6.54 Å². The summed E-state index contributed by atoms with van der Waals surface area (Å²) in [6.45, 7) is 6.65. The Kier molecular flexibility index (Phi) is 3.71. The average molecular weight is 210 g/mol. The van der Waals surface area contributed by atoms with Gasteiger partial charge in [-0.2, -0.15) is 0 Å². The number of carbonyl (C=O) groups excluding carboxylic acids is 1. The first-order valence-corrected chi connectivity index (χ1v) is 5.18. The summed E-state index contributed by atoms with van der Waals surface area (Å²) in [5, 5.41) is 2.74. The second-order valence-electron chi connectivity index (χ2n) is 3.79. The molecule has 15 heavy (non-hydrogen) atoms. The van der Waals surface area contributed by atoms with Crippen LogP contribution in [0.2, 0.25) is 0 Å². The summed E-state index contributed by atoms with van der Waals surface area (Å²) in [6, 6.07) is 0. The molecule has 1 aromatic heterocycles. The molecule has 0 saturated carbocycles. The third-order valence-electron chi connectivity index (χ3n) is 2.16. The minimum absolute atomic E-state index is 0.216. The van der Waals surface area contributed by atoms with Crippen LogP contribution in [-0.2, 0) is 0 Å². The van der Waals surface area contributed by atoms with E-state index < -0.39 is 0 Å². The Bertz CT molecular complexity index is 343. The smallest absolute Gasteiger partial charge is 0.289 e. The van der Waals surface area contributed by atoms with E-state index in [1.54, 1.807) is 6.20 Å². The molecular weight excluding hydrogens is 192 g/mol. The van der Waals surface area contributed by atoms with Gasteiger partial charge in [-0.05, 0) is 12.3 Å². The Morgan fingerprint density at radius 2 is 2.33 bits per heavy atom. The molecule has 5 heteroatoms. The Labute approximate surface area is 89.6 Å². The van der Waals surface area contributed by atoms with E-state index in [2.05, 4.69) is 10.3 Å². The van der Waals surface area contributed by atoms with Crippen LogP contribution in [0.25, 0.3) is 0 Å². The number of nitrogens with one attached hydrogen (secondary N) is 1. The molecule has 0 spiro atoms. The van der Waals surface area contributed by atoms with Crippen LogP contribution in [0.3, 0.4) is 0 Å². The van der Waals surface area contributed by atoms with Gasteiger partial charge < -0.3 is 11.2 Å². The van der Waals surface area contributed by atoms with Gasteiger partial charge in [0.05, 0.1) is 11.9 Å². The number of nitrogens with two attached hydrogens (primary N) is 1.